The van der Waals surface area contributed by atoms with Crippen molar-refractivity contribution in [2.45, 2.75) is 45.8 Å². The van der Waals surface area contributed by atoms with E-state index in [1.54, 1.807) is 52.0 Å². The van der Waals surface area contributed by atoms with E-state index in [1.807, 2.05) is 6.07 Å². The summed E-state index contributed by atoms with van der Waals surface area (Å²) in [7, 11) is 0. The minimum Gasteiger partial charge on any atom is -0.466 e. The molecule has 2 amide bonds. The van der Waals surface area contributed by atoms with Crippen molar-refractivity contribution < 1.29 is 28.6 Å². The fourth-order valence-corrected chi connectivity index (χ4v) is 2.88. The van der Waals surface area contributed by atoms with Gasteiger partial charge in [-0.25, -0.2) is 9.59 Å². The standard InChI is InChI=1S/C20H28N2O6/c1-5-26-17(23)15-13-22(19(25)28-20(2,3)4)12-11-16(15)21-18(24)27-14-9-7-6-8-10-14/h6-10,15-16H,5,11-13H2,1-4H3,(H,21,24). The van der Waals surface area contributed by atoms with Gasteiger partial charge in [0.05, 0.1) is 12.5 Å². The quantitative estimate of drug-likeness (QED) is 0.792. The van der Waals surface area contributed by atoms with E-state index in [0.29, 0.717) is 18.7 Å². The number of nitrogens with one attached hydrogen (secondary N) is 1. The predicted octanol–water partition coefficient (Wildman–Crippen LogP) is 2.96. The van der Waals surface area contributed by atoms with Crippen molar-refractivity contribution in [1.29, 1.82) is 0 Å². The van der Waals surface area contributed by atoms with Crippen molar-refractivity contribution in [3.63, 3.8) is 0 Å². The maximum absolute atomic E-state index is 12.4. The Bertz CT molecular complexity index is 686. The number of nitrogens with zero attached hydrogens (tertiary/aromatic N) is 1. The Labute approximate surface area is 165 Å². The second-order valence-corrected chi connectivity index (χ2v) is 7.53. The number of hydrogen-bond donors (Lipinski definition) is 1. The SMILES string of the molecule is CCOC(=O)C1CN(C(=O)OC(C)(C)C)CCC1NC(=O)Oc1ccccc1. The highest BCUT2D eigenvalue weighted by Crippen LogP contribution is 2.22. The van der Waals surface area contributed by atoms with Gasteiger partial charge in [-0.2, -0.15) is 0 Å². The first-order valence-electron chi connectivity index (χ1n) is 9.37. The summed E-state index contributed by atoms with van der Waals surface area (Å²) in [6.07, 6.45) is -0.768. The third-order valence-electron chi connectivity index (χ3n) is 4.11. The molecule has 2 rings (SSSR count). The molecule has 0 bridgehead atoms. The molecule has 8 nitrogen and oxygen atoms in total. The summed E-state index contributed by atoms with van der Waals surface area (Å²) in [4.78, 5) is 38.4. The topological polar surface area (TPSA) is 94.2 Å². The van der Waals surface area contributed by atoms with Gasteiger partial charge >= 0.3 is 18.2 Å². The number of ether oxygens (including phenoxy) is 3. The summed E-state index contributed by atoms with van der Waals surface area (Å²) in [5.74, 6) is -0.774. The molecule has 0 spiro atoms. The molecule has 1 aliphatic heterocycles. The van der Waals surface area contributed by atoms with Crippen LogP contribution in [0.1, 0.15) is 34.1 Å². The van der Waals surface area contributed by atoms with E-state index in [9.17, 15) is 14.4 Å². The zero-order valence-corrected chi connectivity index (χ0v) is 16.8. The van der Waals surface area contributed by atoms with E-state index >= 15 is 0 Å². The molecule has 1 aliphatic rings. The Kier molecular flexibility index (Phi) is 7.25. The van der Waals surface area contributed by atoms with Crippen molar-refractivity contribution in [2.75, 3.05) is 19.7 Å². The van der Waals surface area contributed by atoms with E-state index in [2.05, 4.69) is 5.32 Å². The number of piperidine rings is 1. The van der Waals surface area contributed by atoms with E-state index in [1.165, 1.54) is 4.90 Å². The number of esters is 1. The van der Waals surface area contributed by atoms with Crippen molar-refractivity contribution >= 4 is 18.2 Å². The van der Waals surface area contributed by atoms with Gasteiger partial charge in [0.15, 0.2) is 0 Å². The van der Waals surface area contributed by atoms with Crippen LogP contribution < -0.4 is 10.1 Å². The van der Waals surface area contributed by atoms with Crippen molar-refractivity contribution in [3.8, 4) is 5.75 Å². The van der Waals surface area contributed by atoms with Crippen LogP contribution >= 0.6 is 0 Å². The van der Waals surface area contributed by atoms with Crippen molar-refractivity contribution in [2.24, 2.45) is 5.92 Å². The maximum Gasteiger partial charge on any atom is 0.412 e. The van der Waals surface area contributed by atoms with Crippen LogP contribution in [-0.4, -0.2) is 54.4 Å². The normalized spacial score (nSPS) is 19.5. The first-order valence-corrected chi connectivity index (χ1v) is 9.37. The second-order valence-electron chi connectivity index (χ2n) is 7.53. The first kappa shape index (κ1) is 21.5. The van der Waals surface area contributed by atoms with Gasteiger partial charge < -0.3 is 24.4 Å². The molecule has 154 valence electrons. The maximum atomic E-state index is 12.4. The number of hydrogen-bond acceptors (Lipinski definition) is 6. The fourth-order valence-electron chi connectivity index (χ4n) is 2.88. The van der Waals surface area contributed by atoms with Crippen LogP contribution in [0.2, 0.25) is 0 Å². The average Bonchev–Trinajstić information content (AvgIpc) is 2.61. The third-order valence-corrected chi connectivity index (χ3v) is 4.11. The van der Waals surface area contributed by atoms with Gasteiger partial charge in [0, 0.05) is 19.1 Å². The van der Waals surface area contributed by atoms with Crippen LogP contribution in [0, 0.1) is 5.92 Å². The lowest BCUT2D eigenvalue weighted by molar-refractivity contribution is -0.150. The molecule has 0 aromatic heterocycles. The van der Waals surface area contributed by atoms with Crippen LogP contribution in [0.4, 0.5) is 9.59 Å². The Morgan fingerprint density at radius 1 is 1.18 bits per heavy atom. The highest BCUT2D eigenvalue weighted by molar-refractivity contribution is 5.78. The summed E-state index contributed by atoms with van der Waals surface area (Å²) < 4.78 is 15.8. The monoisotopic (exact) mass is 392 g/mol. The number of amides is 2. The molecule has 2 atom stereocenters. The van der Waals surface area contributed by atoms with E-state index in [-0.39, 0.29) is 13.2 Å². The van der Waals surface area contributed by atoms with Gasteiger partial charge in [-0.15, -0.1) is 0 Å². The molecule has 1 aromatic carbocycles. The zero-order chi connectivity index (χ0) is 20.7. The lowest BCUT2D eigenvalue weighted by atomic mass is 9.92. The molecule has 1 fully saturated rings. The molecule has 1 saturated heterocycles. The Morgan fingerprint density at radius 2 is 1.86 bits per heavy atom. The number of para-hydroxylation sites is 1. The number of rotatable bonds is 4. The molecule has 0 saturated carbocycles. The van der Waals surface area contributed by atoms with E-state index in [4.69, 9.17) is 14.2 Å². The predicted molar refractivity (Wildman–Crippen MR) is 102 cm³/mol. The van der Waals surface area contributed by atoms with Crippen LogP contribution in [-0.2, 0) is 14.3 Å². The Hall–Kier alpha value is -2.77. The zero-order valence-electron chi connectivity index (χ0n) is 16.8. The smallest absolute Gasteiger partial charge is 0.412 e. The van der Waals surface area contributed by atoms with Gasteiger partial charge in [-0.05, 0) is 46.2 Å². The first-order chi connectivity index (χ1) is 13.2. The average molecular weight is 392 g/mol. The number of carbonyl (C=O) groups is 3. The highest BCUT2D eigenvalue weighted by Gasteiger charge is 2.39. The summed E-state index contributed by atoms with van der Waals surface area (Å²) in [6, 6.07) is 8.13. The highest BCUT2D eigenvalue weighted by atomic mass is 16.6. The van der Waals surface area contributed by atoms with Crippen LogP contribution in [0.25, 0.3) is 0 Å². The number of benzene rings is 1. The lowest BCUT2D eigenvalue weighted by Crippen LogP contribution is -2.56. The lowest BCUT2D eigenvalue weighted by Gasteiger charge is -2.37. The molecule has 0 aliphatic carbocycles. The van der Waals surface area contributed by atoms with Gasteiger partial charge in [0.25, 0.3) is 0 Å². The van der Waals surface area contributed by atoms with E-state index in [0.717, 1.165) is 0 Å². The van der Waals surface area contributed by atoms with Gasteiger partial charge in [0.2, 0.25) is 0 Å². The van der Waals surface area contributed by atoms with Gasteiger partial charge in [-0.3, -0.25) is 4.79 Å². The third kappa shape index (κ3) is 6.44. The summed E-state index contributed by atoms with van der Waals surface area (Å²) in [5.41, 5.74) is -0.634. The number of carbonyl (C=O) groups excluding carboxylic acids is 3. The van der Waals surface area contributed by atoms with Gasteiger partial charge in [0.1, 0.15) is 11.4 Å². The summed E-state index contributed by atoms with van der Waals surface area (Å²) in [5, 5.41) is 2.72. The van der Waals surface area contributed by atoms with Crippen molar-refractivity contribution in [3.05, 3.63) is 30.3 Å². The molecule has 0 radical (unpaired) electrons. The molecular formula is C20H28N2O6. The fraction of sp³-hybridized carbons (Fsp3) is 0.550. The minimum atomic E-state index is -0.704. The minimum absolute atomic E-state index is 0.101. The Balaban J connectivity index is 2.03. The number of likely N-dealkylation sites (tertiary alicyclic amines) is 1. The molecule has 2 unspecified atom stereocenters. The van der Waals surface area contributed by atoms with Crippen LogP contribution in [0.5, 0.6) is 5.75 Å². The van der Waals surface area contributed by atoms with Crippen molar-refractivity contribution in [1.82, 2.24) is 10.2 Å². The molecular weight excluding hydrogens is 364 g/mol. The second kappa shape index (κ2) is 9.43. The molecule has 8 heteroatoms. The van der Waals surface area contributed by atoms with Crippen LogP contribution in [0.3, 0.4) is 0 Å². The molecule has 1 heterocycles. The molecule has 1 aromatic rings. The van der Waals surface area contributed by atoms with Crippen LogP contribution in [0.15, 0.2) is 30.3 Å². The molecule has 28 heavy (non-hydrogen) atoms. The van der Waals surface area contributed by atoms with E-state index < -0.39 is 35.7 Å². The largest absolute Gasteiger partial charge is 0.466 e. The van der Waals surface area contributed by atoms with Gasteiger partial charge in [-0.1, -0.05) is 18.2 Å². The summed E-state index contributed by atoms with van der Waals surface area (Å²) >= 11 is 0. The molecule has 1 N–H and O–H groups in total. The summed E-state index contributed by atoms with van der Waals surface area (Å²) in [6.45, 7) is 7.71. The Morgan fingerprint density at radius 3 is 2.46 bits per heavy atom.